The van der Waals surface area contributed by atoms with Gasteiger partial charge in [0.1, 0.15) is 0 Å². The van der Waals surface area contributed by atoms with Crippen molar-refractivity contribution in [2.24, 2.45) is 5.73 Å². The third kappa shape index (κ3) is 5.39. The molecule has 4 nitrogen and oxygen atoms in total. The zero-order chi connectivity index (χ0) is 15.3. The Morgan fingerprint density at radius 1 is 1.40 bits per heavy atom. The molecule has 0 aromatic heterocycles. The molecule has 0 unspecified atom stereocenters. The van der Waals surface area contributed by atoms with E-state index in [-0.39, 0.29) is 18.0 Å². The first kappa shape index (κ1) is 16.8. The Morgan fingerprint density at radius 2 is 2.05 bits per heavy atom. The molecule has 0 heterocycles. The fourth-order valence-corrected chi connectivity index (χ4v) is 2.05. The number of carbonyl (C=O) groups excluding carboxylic acids is 1. The molecule has 1 rings (SSSR count). The van der Waals surface area contributed by atoms with Crippen molar-refractivity contribution < 1.29 is 4.79 Å². The van der Waals surface area contributed by atoms with Crippen molar-refractivity contribution in [2.75, 3.05) is 18.0 Å². The lowest BCUT2D eigenvalue weighted by molar-refractivity contribution is -0.116. The zero-order valence-electron chi connectivity index (χ0n) is 12.7. The van der Waals surface area contributed by atoms with Gasteiger partial charge in [-0.3, -0.25) is 4.79 Å². The zero-order valence-corrected chi connectivity index (χ0v) is 13.4. The van der Waals surface area contributed by atoms with Crippen molar-refractivity contribution in [1.29, 1.82) is 0 Å². The Kier molecular flexibility index (Phi) is 5.84. The van der Waals surface area contributed by atoms with Crippen molar-refractivity contribution >= 4 is 23.2 Å². The van der Waals surface area contributed by atoms with Gasteiger partial charge < -0.3 is 16.0 Å². The van der Waals surface area contributed by atoms with E-state index in [0.29, 0.717) is 18.1 Å². The molecule has 1 aromatic carbocycles. The summed E-state index contributed by atoms with van der Waals surface area (Å²) in [6.45, 7) is 9.94. The van der Waals surface area contributed by atoms with Crippen LogP contribution in [-0.4, -0.2) is 24.5 Å². The predicted octanol–water partition coefficient (Wildman–Crippen LogP) is 2.54. The molecule has 0 spiro atoms. The highest BCUT2D eigenvalue weighted by molar-refractivity contribution is 6.31. The van der Waals surface area contributed by atoms with Crippen molar-refractivity contribution in [3.05, 3.63) is 28.8 Å². The van der Waals surface area contributed by atoms with Gasteiger partial charge in [0, 0.05) is 29.3 Å². The van der Waals surface area contributed by atoms with Gasteiger partial charge >= 0.3 is 0 Å². The minimum atomic E-state index is -0.346. The second-order valence-corrected chi connectivity index (χ2v) is 6.27. The molecular formula is C15H24ClN3O. The molecule has 0 aliphatic heterocycles. The number of anilines is 1. The number of nitrogens with one attached hydrogen (secondary N) is 1. The number of hydrogen-bond donors (Lipinski definition) is 2. The van der Waals surface area contributed by atoms with Crippen molar-refractivity contribution in [3.8, 4) is 0 Å². The quantitative estimate of drug-likeness (QED) is 0.848. The van der Waals surface area contributed by atoms with E-state index in [1.165, 1.54) is 0 Å². The summed E-state index contributed by atoms with van der Waals surface area (Å²) in [5, 5.41) is 4.10. The van der Waals surface area contributed by atoms with Crippen LogP contribution in [0.15, 0.2) is 18.2 Å². The Hall–Kier alpha value is -1.26. The molecule has 0 aliphatic rings. The fourth-order valence-electron chi connectivity index (χ4n) is 1.81. The number of halogens is 1. The summed E-state index contributed by atoms with van der Waals surface area (Å²) in [5.74, 6) is -0.346. The molecule has 1 amide bonds. The minimum absolute atomic E-state index is 0.0451. The summed E-state index contributed by atoms with van der Waals surface area (Å²) in [7, 11) is 0. The van der Waals surface area contributed by atoms with Crippen LogP contribution in [0.1, 0.15) is 33.3 Å². The number of primary amides is 1. The predicted molar refractivity (Wildman–Crippen MR) is 85.1 cm³/mol. The second-order valence-electron chi connectivity index (χ2n) is 5.86. The van der Waals surface area contributed by atoms with Gasteiger partial charge in [0.05, 0.1) is 6.54 Å². The van der Waals surface area contributed by atoms with E-state index in [0.717, 1.165) is 11.3 Å². The summed E-state index contributed by atoms with van der Waals surface area (Å²) in [5.41, 5.74) is 7.25. The molecule has 0 radical (unpaired) electrons. The molecular weight excluding hydrogens is 274 g/mol. The number of nitrogens with two attached hydrogens (primary N) is 1. The Balaban J connectivity index is 2.83. The van der Waals surface area contributed by atoms with Crippen LogP contribution in [-0.2, 0) is 11.3 Å². The number of rotatable bonds is 6. The van der Waals surface area contributed by atoms with Crippen LogP contribution in [0.5, 0.6) is 0 Å². The number of hydrogen-bond acceptors (Lipinski definition) is 3. The first-order chi connectivity index (χ1) is 9.23. The van der Waals surface area contributed by atoms with Crippen LogP contribution in [0.4, 0.5) is 5.69 Å². The van der Waals surface area contributed by atoms with Gasteiger partial charge in [-0.1, -0.05) is 17.7 Å². The summed E-state index contributed by atoms with van der Waals surface area (Å²) in [4.78, 5) is 12.9. The number of carbonyl (C=O) groups is 1. The van der Waals surface area contributed by atoms with Gasteiger partial charge in [-0.15, -0.1) is 0 Å². The van der Waals surface area contributed by atoms with Gasteiger partial charge in [0.15, 0.2) is 0 Å². The molecule has 0 fully saturated rings. The third-order valence-electron chi connectivity index (χ3n) is 2.94. The van der Waals surface area contributed by atoms with E-state index in [9.17, 15) is 4.79 Å². The van der Waals surface area contributed by atoms with Gasteiger partial charge in [0.2, 0.25) is 5.91 Å². The van der Waals surface area contributed by atoms with Gasteiger partial charge in [-0.05, 0) is 45.4 Å². The average Bonchev–Trinajstić information content (AvgIpc) is 2.33. The highest BCUT2D eigenvalue weighted by atomic mass is 35.5. The average molecular weight is 298 g/mol. The lowest BCUT2D eigenvalue weighted by Gasteiger charge is -2.23. The van der Waals surface area contributed by atoms with E-state index in [2.05, 4.69) is 26.1 Å². The third-order valence-corrected chi connectivity index (χ3v) is 3.29. The van der Waals surface area contributed by atoms with Gasteiger partial charge in [0.25, 0.3) is 0 Å². The highest BCUT2D eigenvalue weighted by Gasteiger charge is 2.12. The van der Waals surface area contributed by atoms with Gasteiger partial charge in [-0.25, -0.2) is 0 Å². The van der Waals surface area contributed by atoms with E-state index in [1.807, 2.05) is 30.0 Å². The maximum Gasteiger partial charge on any atom is 0.236 e. The molecule has 112 valence electrons. The standard InChI is InChI=1S/C15H24ClN3O/c1-5-19(10-14(17)20)12-7-6-11(13(16)8-12)9-18-15(2,3)4/h6-8,18H,5,9-10H2,1-4H3,(H2,17,20). The normalized spacial score (nSPS) is 11.4. The van der Waals surface area contributed by atoms with Crippen molar-refractivity contribution in [2.45, 2.75) is 39.8 Å². The highest BCUT2D eigenvalue weighted by Crippen LogP contribution is 2.24. The van der Waals surface area contributed by atoms with Crippen LogP contribution >= 0.6 is 11.6 Å². The Morgan fingerprint density at radius 3 is 2.50 bits per heavy atom. The maximum atomic E-state index is 11.0. The first-order valence-corrected chi connectivity index (χ1v) is 7.17. The van der Waals surface area contributed by atoms with E-state index >= 15 is 0 Å². The summed E-state index contributed by atoms with van der Waals surface area (Å²) < 4.78 is 0. The molecule has 20 heavy (non-hydrogen) atoms. The van der Waals surface area contributed by atoms with Crippen LogP contribution in [0.2, 0.25) is 5.02 Å². The lowest BCUT2D eigenvalue weighted by Crippen LogP contribution is -2.35. The molecule has 0 atom stereocenters. The van der Waals surface area contributed by atoms with E-state index in [1.54, 1.807) is 0 Å². The number of amides is 1. The molecule has 0 saturated heterocycles. The molecule has 0 bridgehead atoms. The molecule has 0 saturated carbocycles. The largest absolute Gasteiger partial charge is 0.368 e. The number of nitrogens with zero attached hydrogens (tertiary/aromatic N) is 1. The lowest BCUT2D eigenvalue weighted by atomic mass is 10.1. The van der Waals surface area contributed by atoms with Crippen molar-refractivity contribution in [3.63, 3.8) is 0 Å². The number of likely N-dealkylation sites (N-methyl/N-ethyl adjacent to an activating group) is 1. The maximum absolute atomic E-state index is 11.0. The fraction of sp³-hybridized carbons (Fsp3) is 0.533. The number of benzene rings is 1. The topological polar surface area (TPSA) is 58.4 Å². The molecule has 5 heteroatoms. The monoisotopic (exact) mass is 297 g/mol. The summed E-state index contributed by atoms with van der Waals surface area (Å²) >= 11 is 6.31. The van der Waals surface area contributed by atoms with Gasteiger partial charge in [-0.2, -0.15) is 0 Å². The minimum Gasteiger partial charge on any atom is -0.368 e. The van der Waals surface area contributed by atoms with E-state index < -0.39 is 0 Å². The summed E-state index contributed by atoms with van der Waals surface area (Å²) in [6, 6.07) is 5.84. The van der Waals surface area contributed by atoms with Crippen LogP contribution in [0.25, 0.3) is 0 Å². The molecule has 0 aliphatic carbocycles. The molecule has 3 N–H and O–H groups in total. The van der Waals surface area contributed by atoms with Crippen LogP contribution in [0.3, 0.4) is 0 Å². The van der Waals surface area contributed by atoms with Crippen LogP contribution < -0.4 is 16.0 Å². The first-order valence-electron chi connectivity index (χ1n) is 6.79. The summed E-state index contributed by atoms with van der Waals surface area (Å²) in [6.07, 6.45) is 0. The van der Waals surface area contributed by atoms with Crippen LogP contribution in [0, 0.1) is 0 Å². The smallest absolute Gasteiger partial charge is 0.236 e. The van der Waals surface area contributed by atoms with E-state index in [4.69, 9.17) is 17.3 Å². The SMILES string of the molecule is CCN(CC(N)=O)c1ccc(CNC(C)(C)C)c(Cl)c1. The second kappa shape index (κ2) is 6.95. The Labute approximate surface area is 126 Å². The molecule has 1 aromatic rings. The van der Waals surface area contributed by atoms with Crippen molar-refractivity contribution in [1.82, 2.24) is 5.32 Å². The Bertz CT molecular complexity index is 469.